The van der Waals surface area contributed by atoms with Gasteiger partial charge in [-0.1, -0.05) is 51.5 Å². The van der Waals surface area contributed by atoms with Gasteiger partial charge >= 0.3 is 5.97 Å². The monoisotopic (exact) mass is 575 g/mol. The van der Waals surface area contributed by atoms with Crippen molar-refractivity contribution in [2.75, 3.05) is 19.0 Å². The predicted molar refractivity (Wildman–Crippen MR) is 161 cm³/mol. The summed E-state index contributed by atoms with van der Waals surface area (Å²) in [5.74, 6) is 1.28. The van der Waals surface area contributed by atoms with E-state index in [9.17, 15) is 14.7 Å². The summed E-state index contributed by atoms with van der Waals surface area (Å²) in [4.78, 5) is 28.2. The molecule has 0 unspecified atom stereocenters. The number of anilines is 1. The van der Waals surface area contributed by atoms with Crippen molar-refractivity contribution in [3.8, 4) is 17.4 Å². The molecule has 1 aliphatic rings. The topological polar surface area (TPSA) is 119 Å². The Balaban J connectivity index is 1.31. The third kappa shape index (κ3) is 8.22. The number of hydrogen-bond acceptors (Lipinski definition) is 7. The highest BCUT2D eigenvalue weighted by atomic mass is 16.5. The Hall–Kier alpha value is -4.11. The number of pyridine rings is 1. The Labute approximate surface area is 247 Å². The first-order chi connectivity index (χ1) is 20.2. The molecule has 1 saturated carbocycles. The Kier molecular flexibility index (Phi) is 10.8. The van der Waals surface area contributed by atoms with Gasteiger partial charge in [0.05, 0.1) is 13.2 Å². The molecule has 224 valence electrons. The van der Waals surface area contributed by atoms with E-state index >= 15 is 0 Å². The molecule has 0 spiro atoms. The van der Waals surface area contributed by atoms with Crippen LogP contribution >= 0.6 is 0 Å². The maximum absolute atomic E-state index is 12.5. The zero-order valence-corrected chi connectivity index (χ0v) is 24.8. The number of aromatic carboxylic acids is 1. The molecule has 3 atom stereocenters. The summed E-state index contributed by atoms with van der Waals surface area (Å²) in [5, 5.41) is 15.8. The third-order valence-electron chi connectivity index (χ3n) is 7.80. The normalized spacial score (nSPS) is 18.4. The van der Waals surface area contributed by atoms with Gasteiger partial charge in [0.1, 0.15) is 12.2 Å². The third-order valence-corrected chi connectivity index (χ3v) is 7.80. The minimum atomic E-state index is -1.13. The number of carboxylic acid groups (broad SMARTS) is 1. The fourth-order valence-corrected chi connectivity index (χ4v) is 5.39. The van der Waals surface area contributed by atoms with Crippen molar-refractivity contribution >= 4 is 17.6 Å². The van der Waals surface area contributed by atoms with Crippen LogP contribution in [0.2, 0.25) is 0 Å². The first-order valence-corrected chi connectivity index (χ1v) is 14.5. The van der Waals surface area contributed by atoms with Gasteiger partial charge in [0.15, 0.2) is 11.5 Å². The zero-order chi connectivity index (χ0) is 30.1. The number of carbonyl (C=O) groups is 2. The van der Waals surface area contributed by atoms with Crippen molar-refractivity contribution in [1.82, 2.24) is 10.3 Å². The van der Waals surface area contributed by atoms with Crippen LogP contribution < -0.4 is 20.1 Å². The molecule has 0 saturated heterocycles. The molecule has 1 fully saturated rings. The molecule has 3 N–H and O–H groups in total. The van der Waals surface area contributed by atoms with Crippen molar-refractivity contribution in [2.24, 2.45) is 17.8 Å². The van der Waals surface area contributed by atoms with E-state index < -0.39 is 5.97 Å². The lowest BCUT2D eigenvalue weighted by molar-refractivity contribution is -0.131. The lowest BCUT2D eigenvalue weighted by Crippen LogP contribution is -2.37. The molecule has 1 aromatic heterocycles. The highest BCUT2D eigenvalue weighted by Crippen LogP contribution is 2.36. The summed E-state index contributed by atoms with van der Waals surface area (Å²) in [5.41, 5.74) is 2.57. The molecule has 42 heavy (non-hydrogen) atoms. The Morgan fingerprint density at radius 3 is 2.55 bits per heavy atom. The van der Waals surface area contributed by atoms with Crippen LogP contribution in [0, 0.1) is 17.8 Å². The molecular weight excluding hydrogens is 534 g/mol. The van der Waals surface area contributed by atoms with Gasteiger partial charge in [-0.3, -0.25) is 4.79 Å². The number of rotatable bonds is 13. The standard InChI is InChI=1S/C33H41N3O6/c1-21(2)26-15-10-22(3)17-29(26)41-20-30(37)36-18-23-11-13-25(14-12-23)35-19-24-7-5-9-28(40-4)31(24)42-32-27(33(38)39)8-6-16-34-32/h5-9,11-14,16,21-22,26,29,35H,10,15,17-20H2,1-4H3,(H,36,37)(H,38,39)/t22-,26+,29-/m1/s1. The second kappa shape index (κ2) is 14.7. The number of para-hydroxylation sites is 1. The average molecular weight is 576 g/mol. The van der Waals surface area contributed by atoms with E-state index in [1.807, 2.05) is 36.4 Å². The second-order valence-corrected chi connectivity index (χ2v) is 11.2. The molecule has 1 amide bonds. The number of hydrogen-bond donors (Lipinski definition) is 3. The molecule has 0 bridgehead atoms. The number of carbonyl (C=O) groups excluding carboxylic acids is 1. The van der Waals surface area contributed by atoms with Gasteiger partial charge in [-0.25, -0.2) is 9.78 Å². The SMILES string of the molecule is COc1cccc(CNc2ccc(CNC(=O)CO[C@@H]3C[C@H](C)CC[C@H]3C(C)C)cc2)c1Oc1ncccc1C(=O)O. The summed E-state index contributed by atoms with van der Waals surface area (Å²) < 4.78 is 17.5. The van der Waals surface area contributed by atoms with E-state index in [0.29, 0.717) is 42.3 Å². The van der Waals surface area contributed by atoms with E-state index in [0.717, 1.165) is 29.7 Å². The molecule has 9 nitrogen and oxygen atoms in total. The van der Waals surface area contributed by atoms with Gasteiger partial charge in [-0.05, 0) is 66.5 Å². The second-order valence-electron chi connectivity index (χ2n) is 11.2. The van der Waals surface area contributed by atoms with Gasteiger partial charge in [0.2, 0.25) is 11.8 Å². The van der Waals surface area contributed by atoms with Crippen LogP contribution in [0.5, 0.6) is 17.4 Å². The molecule has 2 aromatic carbocycles. The van der Waals surface area contributed by atoms with E-state index in [-0.39, 0.29) is 30.1 Å². The average Bonchev–Trinajstić information content (AvgIpc) is 2.99. The number of benzene rings is 2. The Bertz CT molecular complexity index is 1340. The number of amides is 1. The fraction of sp³-hybridized carbons (Fsp3) is 0.424. The number of nitrogens with zero attached hydrogens (tertiary/aromatic N) is 1. The molecule has 0 aliphatic heterocycles. The fourth-order valence-electron chi connectivity index (χ4n) is 5.39. The Morgan fingerprint density at radius 2 is 1.83 bits per heavy atom. The molecule has 9 heteroatoms. The van der Waals surface area contributed by atoms with Gasteiger partial charge in [-0.2, -0.15) is 0 Å². The lowest BCUT2D eigenvalue weighted by atomic mass is 9.75. The van der Waals surface area contributed by atoms with Crippen LogP contribution in [0.15, 0.2) is 60.8 Å². The predicted octanol–water partition coefficient (Wildman–Crippen LogP) is 6.29. The number of nitrogens with one attached hydrogen (secondary N) is 2. The largest absolute Gasteiger partial charge is 0.493 e. The van der Waals surface area contributed by atoms with Crippen LogP contribution in [-0.2, 0) is 22.6 Å². The van der Waals surface area contributed by atoms with Crippen molar-refractivity contribution in [1.29, 1.82) is 0 Å². The molecular formula is C33H41N3O6. The van der Waals surface area contributed by atoms with Gasteiger partial charge in [0, 0.05) is 30.5 Å². The van der Waals surface area contributed by atoms with Crippen LogP contribution in [0.4, 0.5) is 5.69 Å². The summed E-state index contributed by atoms with van der Waals surface area (Å²) in [6, 6.07) is 16.2. The van der Waals surface area contributed by atoms with Crippen molar-refractivity contribution in [2.45, 2.75) is 59.2 Å². The van der Waals surface area contributed by atoms with Crippen molar-refractivity contribution in [3.63, 3.8) is 0 Å². The highest BCUT2D eigenvalue weighted by Gasteiger charge is 2.31. The molecule has 4 rings (SSSR count). The highest BCUT2D eigenvalue weighted by molar-refractivity contribution is 5.90. The maximum atomic E-state index is 12.5. The van der Waals surface area contributed by atoms with Gasteiger partial charge in [-0.15, -0.1) is 0 Å². The lowest BCUT2D eigenvalue weighted by Gasteiger charge is -2.37. The minimum Gasteiger partial charge on any atom is -0.493 e. The quantitative estimate of drug-likeness (QED) is 0.218. The van der Waals surface area contributed by atoms with Gasteiger partial charge in [0.25, 0.3) is 0 Å². The van der Waals surface area contributed by atoms with E-state index in [4.69, 9.17) is 14.2 Å². The first-order valence-electron chi connectivity index (χ1n) is 14.5. The maximum Gasteiger partial charge on any atom is 0.341 e. The van der Waals surface area contributed by atoms with Crippen LogP contribution in [0.25, 0.3) is 0 Å². The molecule has 1 heterocycles. The van der Waals surface area contributed by atoms with Crippen molar-refractivity contribution in [3.05, 3.63) is 77.5 Å². The Morgan fingerprint density at radius 1 is 1.05 bits per heavy atom. The number of ether oxygens (including phenoxy) is 3. The summed E-state index contributed by atoms with van der Waals surface area (Å²) in [7, 11) is 1.53. The molecule has 1 aliphatic carbocycles. The first kappa shape index (κ1) is 30.8. The minimum absolute atomic E-state index is 0.0133. The molecule has 3 aromatic rings. The molecule has 0 radical (unpaired) electrons. The summed E-state index contributed by atoms with van der Waals surface area (Å²) >= 11 is 0. The smallest absolute Gasteiger partial charge is 0.341 e. The number of carboxylic acids is 1. The van der Waals surface area contributed by atoms with Crippen LogP contribution in [0.1, 0.15) is 61.5 Å². The van der Waals surface area contributed by atoms with E-state index in [2.05, 4.69) is 36.4 Å². The summed E-state index contributed by atoms with van der Waals surface area (Å²) in [6.45, 7) is 7.62. The van der Waals surface area contributed by atoms with Crippen LogP contribution in [0.3, 0.4) is 0 Å². The summed E-state index contributed by atoms with van der Waals surface area (Å²) in [6.07, 6.45) is 5.02. The van der Waals surface area contributed by atoms with Gasteiger partial charge < -0.3 is 30.0 Å². The zero-order valence-electron chi connectivity index (χ0n) is 24.8. The van der Waals surface area contributed by atoms with E-state index in [1.54, 1.807) is 12.1 Å². The number of methoxy groups -OCH3 is 1. The number of aromatic nitrogens is 1. The van der Waals surface area contributed by atoms with Crippen molar-refractivity contribution < 1.29 is 28.9 Å². The van der Waals surface area contributed by atoms with E-state index in [1.165, 1.54) is 25.8 Å². The van der Waals surface area contributed by atoms with Crippen LogP contribution in [-0.4, -0.2) is 41.8 Å².